The third-order valence-corrected chi connectivity index (χ3v) is 6.15. The lowest BCUT2D eigenvalue weighted by Gasteiger charge is -2.25. The molecule has 1 aromatic heterocycles. The summed E-state index contributed by atoms with van der Waals surface area (Å²) in [6.07, 6.45) is 0.886. The molecule has 5 nitrogen and oxygen atoms in total. The molecule has 0 radical (unpaired) electrons. The van der Waals surface area contributed by atoms with Gasteiger partial charge in [-0.25, -0.2) is 0 Å². The number of hydrogen-bond donors (Lipinski definition) is 0. The van der Waals surface area contributed by atoms with E-state index in [4.69, 9.17) is 4.42 Å². The molecule has 6 heteroatoms. The maximum Gasteiger partial charge on any atom is 0.277 e. The zero-order valence-electron chi connectivity index (χ0n) is 16.5. The number of thioether (sulfide) groups is 1. The molecule has 1 amide bonds. The topological polar surface area (TPSA) is 59.2 Å². The molecule has 0 fully saturated rings. The van der Waals surface area contributed by atoms with Crippen molar-refractivity contribution in [2.24, 2.45) is 0 Å². The summed E-state index contributed by atoms with van der Waals surface area (Å²) < 4.78 is 5.81. The quantitative estimate of drug-likeness (QED) is 0.595. The van der Waals surface area contributed by atoms with Gasteiger partial charge >= 0.3 is 0 Å². The molecule has 0 unspecified atom stereocenters. The van der Waals surface area contributed by atoms with Gasteiger partial charge in [0.1, 0.15) is 0 Å². The van der Waals surface area contributed by atoms with E-state index in [9.17, 15) is 4.79 Å². The summed E-state index contributed by atoms with van der Waals surface area (Å²) in [6, 6.07) is 14.3. The monoisotopic (exact) mass is 393 g/mol. The Morgan fingerprint density at radius 3 is 2.75 bits per heavy atom. The molecule has 4 rings (SSSR count). The van der Waals surface area contributed by atoms with E-state index in [1.165, 1.54) is 28.5 Å². The Labute approximate surface area is 169 Å². The van der Waals surface area contributed by atoms with Crippen molar-refractivity contribution in [1.82, 2.24) is 10.2 Å². The van der Waals surface area contributed by atoms with Crippen LogP contribution in [0.2, 0.25) is 0 Å². The number of amides is 1. The van der Waals surface area contributed by atoms with E-state index in [2.05, 4.69) is 37.0 Å². The van der Waals surface area contributed by atoms with Gasteiger partial charge in [-0.1, -0.05) is 36.0 Å². The zero-order chi connectivity index (χ0) is 19.8. The van der Waals surface area contributed by atoms with Gasteiger partial charge in [0, 0.05) is 17.3 Å². The van der Waals surface area contributed by atoms with Crippen LogP contribution in [0.5, 0.6) is 0 Å². The molecular weight excluding hydrogens is 370 g/mol. The maximum absolute atomic E-state index is 13.1. The van der Waals surface area contributed by atoms with Crippen LogP contribution in [0.25, 0.3) is 11.5 Å². The molecule has 1 aliphatic rings. The molecule has 0 spiro atoms. The first-order valence-electron chi connectivity index (χ1n) is 9.43. The molecule has 0 saturated heterocycles. The van der Waals surface area contributed by atoms with Crippen molar-refractivity contribution < 1.29 is 9.21 Å². The molecule has 1 aliphatic heterocycles. The number of hydrogen-bond acceptors (Lipinski definition) is 5. The average Bonchev–Trinajstić information content (AvgIpc) is 3.26. The number of benzene rings is 2. The largest absolute Gasteiger partial charge is 0.411 e. The molecule has 2 atom stereocenters. The summed E-state index contributed by atoms with van der Waals surface area (Å²) in [6.45, 7) is 8.10. The van der Waals surface area contributed by atoms with Crippen molar-refractivity contribution in [3.05, 3.63) is 59.2 Å². The average molecular weight is 394 g/mol. The molecule has 0 saturated carbocycles. The summed E-state index contributed by atoms with van der Waals surface area (Å²) in [4.78, 5) is 15.0. The molecule has 144 valence electrons. The summed E-state index contributed by atoms with van der Waals surface area (Å²) in [5.41, 5.74) is 5.51. The number of fused-ring (bicyclic) bond motifs is 1. The van der Waals surface area contributed by atoms with Crippen molar-refractivity contribution in [3.8, 4) is 11.5 Å². The normalized spacial score (nSPS) is 16.9. The van der Waals surface area contributed by atoms with E-state index in [1.54, 1.807) is 0 Å². The summed E-state index contributed by atoms with van der Waals surface area (Å²) >= 11 is 1.31. The van der Waals surface area contributed by atoms with E-state index in [-0.39, 0.29) is 17.2 Å². The number of aryl methyl sites for hydroxylation is 2. The third kappa shape index (κ3) is 3.44. The molecule has 0 N–H and O–H groups in total. The number of aromatic nitrogens is 2. The predicted molar refractivity (Wildman–Crippen MR) is 112 cm³/mol. The second kappa shape index (κ2) is 7.43. The summed E-state index contributed by atoms with van der Waals surface area (Å²) in [5.74, 6) is 0.540. The molecule has 28 heavy (non-hydrogen) atoms. The number of para-hydroxylation sites is 1. The highest BCUT2D eigenvalue weighted by molar-refractivity contribution is 8.00. The first kappa shape index (κ1) is 18.7. The molecule has 2 heterocycles. The van der Waals surface area contributed by atoms with Crippen molar-refractivity contribution in [2.75, 3.05) is 4.90 Å². The van der Waals surface area contributed by atoms with E-state index in [0.29, 0.717) is 11.1 Å². The molecule has 0 bridgehead atoms. The van der Waals surface area contributed by atoms with Gasteiger partial charge < -0.3 is 9.32 Å². The van der Waals surface area contributed by atoms with Gasteiger partial charge in [0.2, 0.25) is 11.8 Å². The van der Waals surface area contributed by atoms with E-state index >= 15 is 0 Å². The first-order valence-corrected chi connectivity index (χ1v) is 10.3. The van der Waals surface area contributed by atoms with Gasteiger partial charge in [0.05, 0.1) is 5.25 Å². The smallest absolute Gasteiger partial charge is 0.277 e. The molecular formula is C22H23N3O2S. The van der Waals surface area contributed by atoms with Crippen molar-refractivity contribution in [3.63, 3.8) is 0 Å². The minimum atomic E-state index is -0.318. The Bertz CT molecular complexity index is 1030. The highest BCUT2D eigenvalue weighted by Gasteiger charge is 2.34. The SMILES string of the molecule is Cc1ccc(-c2nnc(S[C@@H](C)C(=O)N3c4ccccc4C[C@H]3C)o2)cc1C. The van der Waals surface area contributed by atoms with Crippen LogP contribution in [0.4, 0.5) is 5.69 Å². The van der Waals surface area contributed by atoms with Crippen LogP contribution in [0.1, 0.15) is 30.5 Å². The fraction of sp³-hybridized carbons (Fsp3) is 0.318. The van der Waals surface area contributed by atoms with Gasteiger partial charge in [-0.2, -0.15) is 0 Å². The van der Waals surface area contributed by atoms with Gasteiger partial charge in [-0.15, -0.1) is 10.2 Å². The highest BCUT2D eigenvalue weighted by Crippen LogP contribution is 2.35. The minimum absolute atomic E-state index is 0.0633. The molecule has 3 aromatic rings. The van der Waals surface area contributed by atoms with Crippen molar-refractivity contribution in [2.45, 2.75) is 50.6 Å². The standard InChI is InChI=1S/C22H23N3O2S/c1-13-9-10-18(11-14(13)2)20-23-24-22(27-20)28-16(4)21(26)25-15(3)12-17-7-5-6-8-19(17)25/h5-11,15-16H,12H2,1-4H3/t15-,16+/m1/s1. The minimum Gasteiger partial charge on any atom is -0.411 e. The van der Waals surface area contributed by atoms with Crippen molar-refractivity contribution in [1.29, 1.82) is 0 Å². The van der Waals surface area contributed by atoms with Crippen LogP contribution in [0.3, 0.4) is 0 Å². The van der Waals surface area contributed by atoms with Gasteiger partial charge in [0.15, 0.2) is 0 Å². The van der Waals surface area contributed by atoms with Crippen LogP contribution in [-0.2, 0) is 11.2 Å². The number of nitrogens with zero attached hydrogens (tertiary/aromatic N) is 3. The number of rotatable bonds is 4. The maximum atomic E-state index is 13.1. The van der Waals surface area contributed by atoms with E-state index in [0.717, 1.165) is 17.7 Å². The van der Waals surface area contributed by atoms with Crippen LogP contribution in [0.15, 0.2) is 52.1 Å². The lowest BCUT2D eigenvalue weighted by atomic mass is 10.1. The zero-order valence-corrected chi connectivity index (χ0v) is 17.3. The van der Waals surface area contributed by atoms with E-state index < -0.39 is 0 Å². The van der Waals surface area contributed by atoms with Gasteiger partial charge in [0.25, 0.3) is 5.22 Å². The Kier molecular flexibility index (Phi) is 4.98. The Morgan fingerprint density at radius 1 is 1.18 bits per heavy atom. The fourth-order valence-electron chi connectivity index (χ4n) is 3.55. The summed E-state index contributed by atoms with van der Waals surface area (Å²) in [7, 11) is 0. The second-order valence-electron chi connectivity index (χ2n) is 7.32. The lowest BCUT2D eigenvalue weighted by molar-refractivity contribution is -0.118. The van der Waals surface area contributed by atoms with Crippen LogP contribution >= 0.6 is 11.8 Å². The van der Waals surface area contributed by atoms with Gasteiger partial charge in [-0.3, -0.25) is 4.79 Å². The number of carbonyl (C=O) groups is 1. The number of anilines is 1. The van der Waals surface area contributed by atoms with Crippen LogP contribution in [-0.4, -0.2) is 27.4 Å². The van der Waals surface area contributed by atoms with Crippen LogP contribution in [0, 0.1) is 13.8 Å². The van der Waals surface area contributed by atoms with E-state index in [1.807, 2.05) is 48.2 Å². The highest BCUT2D eigenvalue weighted by atomic mass is 32.2. The fourth-order valence-corrected chi connectivity index (χ4v) is 4.28. The summed E-state index contributed by atoms with van der Waals surface area (Å²) in [5, 5.41) is 8.38. The lowest BCUT2D eigenvalue weighted by Crippen LogP contribution is -2.40. The first-order chi connectivity index (χ1) is 13.4. The Hall–Kier alpha value is -2.60. The van der Waals surface area contributed by atoms with Gasteiger partial charge in [-0.05, 0) is 69.0 Å². The van der Waals surface area contributed by atoms with Crippen LogP contribution < -0.4 is 4.90 Å². The molecule has 0 aliphatic carbocycles. The predicted octanol–water partition coefficient (Wildman–Crippen LogP) is 4.81. The third-order valence-electron chi connectivity index (χ3n) is 5.23. The Balaban J connectivity index is 1.50. The Morgan fingerprint density at radius 2 is 1.96 bits per heavy atom. The molecule has 2 aromatic carbocycles. The van der Waals surface area contributed by atoms with Crippen molar-refractivity contribution >= 4 is 23.4 Å². The second-order valence-corrected chi connectivity index (χ2v) is 8.61. The number of carbonyl (C=O) groups excluding carboxylic acids is 1.